The molecule has 0 amide bonds. The van der Waals surface area contributed by atoms with Crippen LogP contribution >= 0.6 is 0 Å². The lowest BCUT2D eigenvalue weighted by Gasteiger charge is -2.04. The molecule has 0 aliphatic heterocycles. The number of nitrogens with zero attached hydrogens (tertiary/aromatic N) is 1. The van der Waals surface area contributed by atoms with Gasteiger partial charge in [-0.15, -0.1) is 0 Å². The molecular formula is C15H13NO2. The lowest BCUT2D eigenvalue weighted by molar-refractivity contribution is 0.104. The zero-order valence-electron chi connectivity index (χ0n) is 10.0. The van der Waals surface area contributed by atoms with E-state index >= 15 is 0 Å². The fourth-order valence-corrected chi connectivity index (χ4v) is 1.58. The Hall–Kier alpha value is -2.42. The maximum atomic E-state index is 12.0. The highest BCUT2D eigenvalue weighted by molar-refractivity contribution is 6.08. The number of allylic oxidation sites excluding steroid dienone is 1. The fraction of sp³-hybridized carbons (Fsp3) is 0.0667. The van der Waals surface area contributed by atoms with E-state index in [0.29, 0.717) is 11.3 Å². The van der Waals surface area contributed by atoms with Crippen molar-refractivity contribution in [1.29, 1.82) is 0 Å². The summed E-state index contributed by atoms with van der Waals surface area (Å²) >= 11 is 0. The number of rotatable bonds is 4. The van der Waals surface area contributed by atoms with E-state index in [4.69, 9.17) is 4.74 Å². The Balaban J connectivity index is 2.20. The molecule has 0 saturated carbocycles. The third-order valence-corrected chi connectivity index (χ3v) is 2.51. The molecule has 1 heterocycles. The van der Waals surface area contributed by atoms with Crippen LogP contribution in [0.1, 0.15) is 15.9 Å². The Bertz CT molecular complexity index is 562. The third-order valence-electron chi connectivity index (χ3n) is 2.51. The second kappa shape index (κ2) is 5.77. The topological polar surface area (TPSA) is 39.2 Å². The molecule has 1 aromatic heterocycles. The highest BCUT2D eigenvalue weighted by Crippen LogP contribution is 2.18. The Kier molecular flexibility index (Phi) is 3.86. The lowest BCUT2D eigenvalue weighted by Crippen LogP contribution is -1.98. The molecular weight excluding hydrogens is 226 g/mol. The van der Waals surface area contributed by atoms with Crippen molar-refractivity contribution in [3.05, 3.63) is 66.0 Å². The van der Waals surface area contributed by atoms with Gasteiger partial charge in [-0.1, -0.05) is 18.2 Å². The van der Waals surface area contributed by atoms with E-state index in [1.54, 1.807) is 37.7 Å². The Morgan fingerprint density at radius 1 is 1.17 bits per heavy atom. The molecule has 3 nitrogen and oxygen atoms in total. The molecule has 0 aliphatic carbocycles. The molecule has 1 aromatic carbocycles. The van der Waals surface area contributed by atoms with E-state index in [-0.39, 0.29) is 5.78 Å². The average molecular weight is 239 g/mol. The predicted molar refractivity (Wildman–Crippen MR) is 70.6 cm³/mol. The van der Waals surface area contributed by atoms with Gasteiger partial charge in [0.1, 0.15) is 5.75 Å². The standard InChI is InChI=1S/C15H13NO2/c1-18-15-5-3-2-4-13(15)14(17)7-6-12-8-10-16-11-9-12/h2-11H,1H3. The molecule has 0 fully saturated rings. The first-order valence-corrected chi connectivity index (χ1v) is 5.56. The number of aromatic nitrogens is 1. The van der Waals surface area contributed by atoms with Crippen molar-refractivity contribution < 1.29 is 9.53 Å². The zero-order valence-corrected chi connectivity index (χ0v) is 10.0. The van der Waals surface area contributed by atoms with Crippen LogP contribution in [0.5, 0.6) is 5.75 Å². The zero-order chi connectivity index (χ0) is 12.8. The van der Waals surface area contributed by atoms with Gasteiger partial charge in [0.05, 0.1) is 12.7 Å². The first-order chi connectivity index (χ1) is 8.81. The minimum Gasteiger partial charge on any atom is -0.496 e. The first kappa shape index (κ1) is 12.0. The summed E-state index contributed by atoms with van der Waals surface area (Å²) in [5, 5.41) is 0. The number of carbonyl (C=O) groups excluding carboxylic acids is 1. The molecule has 0 bridgehead atoms. The van der Waals surface area contributed by atoms with Crippen LogP contribution in [-0.4, -0.2) is 17.9 Å². The summed E-state index contributed by atoms with van der Waals surface area (Å²) in [6.07, 6.45) is 6.67. The van der Waals surface area contributed by atoms with Gasteiger partial charge in [-0.2, -0.15) is 0 Å². The smallest absolute Gasteiger partial charge is 0.189 e. The number of carbonyl (C=O) groups is 1. The molecule has 90 valence electrons. The van der Waals surface area contributed by atoms with E-state index in [2.05, 4.69) is 4.98 Å². The van der Waals surface area contributed by atoms with Crippen LogP contribution in [0.25, 0.3) is 6.08 Å². The largest absolute Gasteiger partial charge is 0.496 e. The van der Waals surface area contributed by atoms with Gasteiger partial charge >= 0.3 is 0 Å². The SMILES string of the molecule is COc1ccccc1C(=O)C=Cc1ccncc1. The third kappa shape index (κ3) is 2.83. The molecule has 0 unspecified atom stereocenters. The number of pyridine rings is 1. The first-order valence-electron chi connectivity index (χ1n) is 5.56. The van der Waals surface area contributed by atoms with Crippen molar-refractivity contribution in [1.82, 2.24) is 4.98 Å². The Morgan fingerprint density at radius 3 is 2.61 bits per heavy atom. The number of ketones is 1. The van der Waals surface area contributed by atoms with E-state index in [1.165, 1.54) is 6.08 Å². The molecule has 0 saturated heterocycles. The van der Waals surface area contributed by atoms with Crippen LogP contribution in [0, 0.1) is 0 Å². The number of para-hydroxylation sites is 1. The van der Waals surface area contributed by atoms with Gasteiger partial charge in [-0.3, -0.25) is 9.78 Å². The molecule has 3 heteroatoms. The van der Waals surface area contributed by atoms with Gasteiger partial charge in [0.15, 0.2) is 5.78 Å². The van der Waals surface area contributed by atoms with Gasteiger partial charge in [0, 0.05) is 12.4 Å². The number of benzene rings is 1. The van der Waals surface area contributed by atoms with Crippen molar-refractivity contribution in [3.8, 4) is 5.75 Å². The monoisotopic (exact) mass is 239 g/mol. The highest BCUT2D eigenvalue weighted by atomic mass is 16.5. The van der Waals surface area contributed by atoms with E-state index < -0.39 is 0 Å². The van der Waals surface area contributed by atoms with Gasteiger partial charge < -0.3 is 4.74 Å². The van der Waals surface area contributed by atoms with Gasteiger partial charge in [-0.25, -0.2) is 0 Å². The maximum absolute atomic E-state index is 12.0. The fourth-order valence-electron chi connectivity index (χ4n) is 1.58. The number of ether oxygens (including phenoxy) is 1. The van der Waals surface area contributed by atoms with Crippen molar-refractivity contribution in [2.45, 2.75) is 0 Å². The number of hydrogen-bond donors (Lipinski definition) is 0. The lowest BCUT2D eigenvalue weighted by atomic mass is 10.1. The van der Waals surface area contributed by atoms with E-state index in [0.717, 1.165) is 5.56 Å². The summed E-state index contributed by atoms with van der Waals surface area (Å²) in [5.41, 5.74) is 1.50. The van der Waals surface area contributed by atoms with E-state index in [1.807, 2.05) is 24.3 Å². The minimum atomic E-state index is -0.0794. The molecule has 18 heavy (non-hydrogen) atoms. The molecule has 0 atom stereocenters. The second-order valence-electron chi connectivity index (χ2n) is 3.68. The van der Waals surface area contributed by atoms with Crippen molar-refractivity contribution in [3.63, 3.8) is 0 Å². The molecule has 2 rings (SSSR count). The second-order valence-corrected chi connectivity index (χ2v) is 3.68. The van der Waals surface area contributed by atoms with Crippen molar-refractivity contribution >= 4 is 11.9 Å². The van der Waals surface area contributed by atoms with Crippen molar-refractivity contribution in [2.75, 3.05) is 7.11 Å². The quantitative estimate of drug-likeness (QED) is 0.608. The summed E-state index contributed by atoms with van der Waals surface area (Å²) in [7, 11) is 1.55. The summed E-state index contributed by atoms with van der Waals surface area (Å²) in [6, 6.07) is 10.8. The molecule has 0 radical (unpaired) electrons. The van der Waals surface area contributed by atoms with Gasteiger partial charge in [0.25, 0.3) is 0 Å². The molecule has 0 N–H and O–H groups in total. The van der Waals surface area contributed by atoms with E-state index in [9.17, 15) is 4.79 Å². The van der Waals surface area contributed by atoms with Crippen molar-refractivity contribution in [2.24, 2.45) is 0 Å². The van der Waals surface area contributed by atoms with Crippen LogP contribution in [0.3, 0.4) is 0 Å². The van der Waals surface area contributed by atoms with Crippen LogP contribution in [0.4, 0.5) is 0 Å². The van der Waals surface area contributed by atoms with Crippen LogP contribution < -0.4 is 4.74 Å². The highest BCUT2D eigenvalue weighted by Gasteiger charge is 2.07. The summed E-state index contributed by atoms with van der Waals surface area (Å²) in [5.74, 6) is 0.506. The normalized spacial score (nSPS) is 10.5. The average Bonchev–Trinajstić information content (AvgIpc) is 2.45. The summed E-state index contributed by atoms with van der Waals surface area (Å²) in [4.78, 5) is 15.9. The Labute approximate surface area is 106 Å². The molecule has 0 spiro atoms. The number of methoxy groups -OCH3 is 1. The minimum absolute atomic E-state index is 0.0794. The van der Waals surface area contributed by atoms with Crippen LogP contribution in [0.2, 0.25) is 0 Å². The number of hydrogen-bond acceptors (Lipinski definition) is 3. The molecule has 0 aliphatic rings. The predicted octanol–water partition coefficient (Wildman–Crippen LogP) is 2.99. The summed E-state index contributed by atoms with van der Waals surface area (Å²) < 4.78 is 5.15. The van der Waals surface area contributed by atoms with Gasteiger partial charge in [-0.05, 0) is 35.9 Å². The van der Waals surface area contributed by atoms with Gasteiger partial charge in [0.2, 0.25) is 0 Å². The Morgan fingerprint density at radius 2 is 1.89 bits per heavy atom. The molecule has 2 aromatic rings. The van der Waals surface area contributed by atoms with Crippen LogP contribution in [-0.2, 0) is 0 Å². The maximum Gasteiger partial charge on any atom is 0.189 e. The van der Waals surface area contributed by atoms with Crippen LogP contribution in [0.15, 0.2) is 54.9 Å². The summed E-state index contributed by atoms with van der Waals surface area (Å²) in [6.45, 7) is 0.